The SMILES string of the molecule is O=C(Nc1nc2cccnc2s1)Oc1ccc2cc(-c3c(Cl)cccc3Cl)[nH]c2c1. The fourth-order valence-corrected chi connectivity index (χ4v) is 4.50. The lowest BCUT2D eigenvalue weighted by Gasteiger charge is -2.04. The number of carbonyl (C=O) groups excluding carboxylic acids is 1. The van der Waals surface area contributed by atoms with Crippen molar-refractivity contribution in [2.75, 3.05) is 5.32 Å². The topological polar surface area (TPSA) is 79.9 Å². The van der Waals surface area contributed by atoms with Crippen molar-refractivity contribution in [1.82, 2.24) is 15.0 Å². The molecule has 1 amide bonds. The Hall–Kier alpha value is -3.13. The highest BCUT2D eigenvalue weighted by Crippen LogP contribution is 2.36. The van der Waals surface area contributed by atoms with Crippen molar-refractivity contribution in [2.24, 2.45) is 0 Å². The van der Waals surface area contributed by atoms with Crippen LogP contribution in [0.5, 0.6) is 5.75 Å². The number of nitrogens with zero attached hydrogens (tertiary/aromatic N) is 2. The van der Waals surface area contributed by atoms with Gasteiger partial charge in [0.1, 0.15) is 16.1 Å². The van der Waals surface area contributed by atoms with Gasteiger partial charge in [0.2, 0.25) is 0 Å². The van der Waals surface area contributed by atoms with Crippen LogP contribution >= 0.6 is 34.5 Å². The maximum atomic E-state index is 12.3. The van der Waals surface area contributed by atoms with Crippen LogP contribution in [0, 0.1) is 0 Å². The Bertz CT molecular complexity index is 1360. The third kappa shape index (κ3) is 3.59. The van der Waals surface area contributed by atoms with Crippen LogP contribution in [-0.2, 0) is 0 Å². The van der Waals surface area contributed by atoms with E-state index < -0.39 is 6.09 Å². The van der Waals surface area contributed by atoms with Crippen molar-refractivity contribution in [3.8, 4) is 17.0 Å². The van der Waals surface area contributed by atoms with Crippen LogP contribution in [0.4, 0.5) is 9.93 Å². The van der Waals surface area contributed by atoms with Crippen molar-refractivity contribution >= 4 is 67.0 Å². The molecule has 0 saturated heterocycles. The lowest BCUT2D eigenvalue weighted by molar-refractivity contribution is 0.215. The van der Waals surface area contributed by atoms with Crippen LogP contribution in [0.25, 0.3) is 32.5 Å². The molecular formula is C21H12Cl2N4O2S. The Morgan fingerprint density at radius 2 is 1.90 bits per heavy atom. The minimum Gasteiger partial charge on any atom is -0.410 e. The summed E-state index contributed by atoms with van der Waals surface area (Å²) < 4.78 is 5.41. The van der Waals surface area contributed by atoms with Gasteiger partial charge in [0.05, 0.1) is 10.0 Å². The highest BCUT2D eigenvalue weighted by Gasteiger charge is 2.13. The molecule has 9 heteroatoms. The van der Waals surface area contributed by atoms with Crippen LogP contribution in [0.2, 0.25) is 10.0 Å². The summed E-state index contributed by atoms with van der Waals surface area (Å²) in [5.41, 5.74) is 3.01. The minimum absolute atomic E-state index is 0.387. The molecule has 148 valence electrons. The van der Waals surface area contributed by atoms with Gasteiger partial charge in [-0.05, 0) is 42.5 Å². The Morgan fingerprint density at radius 1 is 1.07 bits per heavy atom. The number of rotatable bonds is 3. The minimum atomic E-state index is -0.630. The number of aromatic nitrogens is 3. The molecule has 0 spiro atoms. The Kier molecular flexibility index (Phi) is 4.78. The molecule has 0 aliphatic heterocycles. The van der Waals surface area contributed by atoms with Gasteiger partial charge in [-0.15, -0.1) is 0 Å². The third-order valence-corrected chi connectivity index (χ3v) is 5.94. The Labute approximate surface area is 184 Å². The van der Waals surface area contributed by atoms with E-state index in [1.165, 1.54) is 11.3 Å². The lowest BCUT2D eigenvalue weighted by Crippen LogP contribution is -2.16. The van der Waals surface area contributed by atoms with Crippen molar-refractivity contribution in [2.45, 2.75) is 0 Å². The van der Waals surface area contributed by atoms with Gasteiger partial charge in [-0.1, -0.05) is 40.6 Å². The summed E-state index contributed by atoms with van der Waals surface area (Å²) >= 11 is 13.9. The molecule has 6 nitrogen and oxygen atoms in total. The second-order valence-electron chi connectivity index (χ2n) is 6.39. The van der Waals surface area contributed by atoms with Crippen LogP contribution in [-0.4, -0.2) is 21.0 Å². The normalized spacial score (nSPS) is 11.1. The van der Waals surface area contributed by atoms with Crippen LogP contribution in [0.15, 0.2) is 60.8 Å². The second-order valence-corrected chi connectivity index (χ2v) is 8.18. The average molecular weight is 455 g/mol. The standard InChI is InChI=1S/C21H12Cl2N4O2S/c22-13-3-1-4-14(23)18(13)17-9-11-6-7-12(10-16(11)25-17)29-21(28)27-20-26-15-5-2-8-24-19(15)30-20/h1-10,25H,(H,26,27,28). The third-order valence-electron chi connectivity index (χ3n) is 4.41. The van der Waals surface area contributed by atoms with Crippen LogP contribution in [0.1, 0.15) is 0 Å². The zero-order chi connectivity index (χ0) is 20.7. The van der Waals surface area contributed by atoms with Crippen LogP contribution in [0.3, 0.4) is 0 Å². The fraction of sp³-hybridized carbons (Fsp3) is 0. The molecule has 3 aromatic heterocycles. The summed E-state index contributed by atoms with van der Waals surface area (Å²) in [5, 5.41) is 5.09. The number of anilines is 1. The van der Waals surface area contributed by atoms with E-state index in [-0.39, 0.29) is 0 Å². The first-order valence-electron chi connectivity index (χ1n) is 8.84. The number of halogens is 2. The van der Waals surface area contributed by atoms with Crippen molar-refractivity contribution in [3.63, 3.8) is 0 Å². The van der Waals surface area contributed by atoms with Gasteiger partial charge in [-0.25, -0.2) is 14.8 Å². The number of hydrogen-bond donors (Lipinski definition) is 2. The van der Waals surface area contributed by atoms with Gasteiger partial charge in [0.25, 0.3) is 0 Å². The van der Waals surface area contributed by atoms with E-state index in [1.807, 2.05) is 18.2 Å². The zero-order valence-corrected chi connectivity index (χ0v) is 17.5. The van der Waals surface area contributed by atoms with Gasteiger partial charge in [-0.2, -0.15) is 0 Å². The van der Waals surface area contributed by atoms with E-state index in [0.29, 0.717) is 20.9 Å². The predicted molar refractivity (Wildman–Crippen MR) is 121 cm³/mol. The molecule has 5 rings (SSSR count). The molecule has 0 fully saturated rings. The molecule has 3 heterocycles. The number of pyridine rings is 1. The molecule has 30 heavy (non-hydrogen) atoms. The summed E-state index contributed by atoms with van der Waals surface area (Å²) in [6.07, 6.45) is 1.05. The van der Waals surface area contributed by atoms with E-state index in [2.05, 4.69) is 20.3 Å². The summed E-state index contributed by atoms with van der Waals surface area (Å²) in [5.74, 6) is 0.387. The summed E-state index contributed by atoms with van der Waals surface area (Å²) in [4.78, 5) is 24.8. The van der Waals surface area contributed by atoms with Gasteiger partial charge in [0, 0.05) is 34.4 Å². The fourth-order valence-electron chi connectivity index (χ4n) is 3.10. The van der Waals surface area contributed by atoms with Gasteiger partial charge < -0.3 is 9.72 Å². The van der Waals surface area contributed by atoms with Crippen molar-refractivity contribution in [1.29, 1.82) is 0 Å². The number of aromatic amines is 1. The summed E-state index contributed by atoms with van der Waals surface area (Å²) in [6.45, 7) is 0. The van der Waals surface area contributed by atoms with E-state index in [1.54, 1.807) is 42.6 Å². The zero-order valence-electron chi connectivity index (χ0n) is 15.1. The number of carbonyl (C=O) groups is 1. The maximum Gasteiger partial charge on any atom is 0.418 e. The molecule has 0 bridgehead atoms. The molecule has 0 aliphatic carbocycles. The molecule has 0 saturated carbocycles. The predicted octanol–water partition coefficient (Wildman–Crippen LogP) is 6.76. The second kappa shape index (κ2) is 7.60. The molecular weight excluding hydrogens is 443 g/mol. The molecule has 0 aliphatic rings. The first-order valence-corrected chi connectivity index (χ1v) is 10.4. The van der Waals surface area contributed by atoms with Crippen LogP contribution < -0.4 is 10.1 Å². The number of amides is 1. The smallest absolute Gasteiger partial charge is 0.410 e. The highest BCUT2D eigenvalue weighted by molar-refractivity contribution is 7.21. The molecule has 2 aromatic carbocycles. The maximum absolute atomic E-state index is 12.3. The van der Waals surface area contributed by atoms with Gasteiger partial charge in [-0.3, -0.25) is 5.32 Å². The van der Waals surface area contributed by atoms with Gasteiger partial charge in [0.15, 0.2) is 5.13 Å². The molecule has 2 N–H and O–H groups in total. The first kappa shape index (κ1) is 18.9. The number of fused-ring (bicyclic) bond motifs is 2. The van der Waals surface area contributed by atoms with E-state index in [9.17, 15) is 4.79 Å². The Balaban J connectivity index is 1.37. The number of ether oxygens (including phenoxy) is 1. The largest absolute Gasteiger partial charge is 0.418 e. The number of thiazole rings is 1. The number of nitrogens with one attached hydrogen (secondary N) is 2. The highest BCUT2D eigenvalue weighted by atomic mass is 35.5. The number of hydrogen-bond acceptors (Lipinski definition) is 5. The van der Waals surface area contributed by atoms with E-state index in [0.717, 1.165) is 32.5 Å². The monoisotopic (exact) mass is 454 g/mol. The number of benzene rings is 2. The number of H-pyrrole nitrogens is 1. The average Bonchev–Trinajstić information content (AvgIpc) is 3.30. The van der Waals surface area contributed by atoms with E-state index >= 15 is 0 Å². The molecule has 5 aromatic rings. The first-order chi connectivity index (χ1) is 14.6. The van der Waals surface area contributed by atoms with Crippen molar-refractivity contribution < 1.29 is 9.53 Å². The summed E-state index contributed by atoms with van der Waals surface area (Å²) in [6, 6.07) is 16.2. The molecule has 0 unspecified atom stereocenters. The van der Waals surface area contributed by atoms with Crippen molar-refractivity contribution in [3.05, 3.63) is 70.8 Å². The quantitative estimate of drug-likeness (QED) is 0.315. The Morgan fingerprint density at radius 3 is 2.70 bits per heavy atom. The summed E-state index contributed by atoms with van der Waals surface area (Å²) in [7, 11) is 0. The lowest BCUT2D eigenvalue weighted by atomic mass is 10.1. The molecule has 0 radical (unpaired) electrons. The van der Waals surface area contributed by atoms with Gasteiger partial charge >= 0.3 is 6.09 Å². The van der Waals surface area contributed by atoms with E-state index in [4.69, 9.17) is 27.9 Å². The molecule has 0 atom stereocenters.